The lowest BCUT2D eigenvalue weighted by atomic mass is 10.1. The summed E-state index contributed by atoms with van der Waals surface area (Å²) in [5, 5.41) is 6.09. The Morgan fingerprint density at radius 2 is 2.07 bits per heavy atom. The van der Waals surface area contributed by atoms with Gasteiger partial charge in [0, 0.05) is 18.7 Å². The van der Waals surface area contributed by atoms with Crippen LogP contribution in [0.4, 0.5) is 0 Å². The van der Waals surface area contributed by atoms with Gasteiger partial charge in [-0.2, -0.15) is 5.10 Å². The van der Waals surface area contributed by atoms with Crippen molar-refractivity contribution in [2.45, 2.75) is 20.8 Å². The maximum absolute atomic E-state index is 4.30. The average molecular weight is 192 g/mol. The van der Waals surface area contributed by atoms with Crippen molar-refractivity contribution in [3.63, 3.8) is 0 Å². The van der Waals surface area contributed by atoms with Gasteiger partial charge in [-0.1, -0.05) is 32.2 Å². The van der Waals surface area contributed by atoms with Crippen molar-refractivity contribution >= 4 is 5.71 Å². The molecule has 0 aromatic heterocycles. The van der Waals surface area contributed by atoms with Gasteiger partial charge in [-0.15, -0.1) is 0 Å². The van der Waals surface area contributed by atoms with E-state index in [0.29, 0.717) is 5.92 Å². The third kappa shape index (κ3) is 4.08. The van der Waals surface area contributed by atoms with Crippen LogP contribution in [0.25, 0.3) is 0 Å². The molecule has 0 saturated carbocycles. The van der Waals surface area contributed by atoms with Crippen LogP contribution in [0.2, 0.25) is 0 Å². The van der Waals surface area contributed by atoms with Crippen LogP contribution in [0.5, 0.6) is 0 Å². The molecule has 0 aliphatic carbocycles. The molecule has 0 saturated heterocycles. The lowest BCUT2D eigenvalue weighted by Gasteiger charge is -2.20. The molecule has 0 spiro atoms. The van der Waals surface area contributed by atoms with Crippen LogP contribution in [0.1, 0.15) is 20.8 Å². The van der Waals surface area contributed by atoms with Gasteiger partial charge in [-0.3, -0.25) is 5.01 Å². The standard InChI is InChI=1S/C12H20N2/c1-7-9-10(3)12(5)14(6)13-11(4)8-2/h7-10H,2,5H2,1,3-4,6H3/b9-7-,13-11-. The van der Waals surface area contributed by atoms with Gasteiger partial charge in [0.1, 0.15) is 0 Å². The third-order valence-electron chi connectivity index (χ3n) is 2.03. The van der Waals surface area contributed by atoms with Gasteiger partial charge in [0.2, 0.25) is 0 Å². The summed E-state index contributed by atoms with van der Waals surface area (Å²) in [6, 6.07) is 0. The monoisotopic (exact) mass is 192 g/mol. The first-order valence-corrected chi connectivity index (χ1v) is 4.75. The zero-order chi connectivity index (χ0) is 11.1. The predicted octanol–water partition coefficient (Wildman–Crippen LogP) is 3.21. The molecule has 0 heterocycles. The average Bonchev–Trinajstić information content (AvgIpc) is 2.16. The molecule has 2 heteroatoms. The Hall–Kier alpha value is -1.31. The van der Waals surface area contributed by atoms with Gasteiger partial charge < -0.3 is 0 Å². The van der Waals surface area contributed by atoms with Gasteiger partial charge in [-0.25, -0.2) is 0 Å². The zero-order valence-corrected chi connectivity index (χ0v) is 9.62. The van der Waals surface area contributed by atoms with Crippen molar-refractivity contribution in [3.8, 4) is 0 Å². The minimum Gasteiger partial charge on any atom is -0.272 e. The maximum Gasteiger partial charge on any atom is 0.0572 e. The fourth-order valence-electron chi connectivity index (χ4n) is 1.04. The van der Waals surface area contributed by atoms with Crippen molar-refractivity contribution < 1.29 is 0 Å². The molecule has 0 aliphatic rings. The van der Waals surface area contributed by atoms with E-state index in [-0.39, 0.29) is 0 Å². The van der Waals surface area contributed by atoms with E-state index < -0.39 is 0 Å². The first-order valence-electron chi connectivity index (χ1n) is 4.75. The van der Waals surface area contributed by atoms with E-state index in [4.69, 9.17) is 0 Å². The van der Waals surface area contributed by atoms with Gasteiger partial charge in [0.25, 0.3) is 0 Å². The van der Waals surface area contributed by atoms with Crippen LogP contribution in [0.15, 0.2) is 42.2 Å². The number of nitrogens with zero attached hydrogens (tertiary/aromatic N) is 2. The van der Waals surface area contributed by atoms with Gasteiger partial charge >= 0.3 is 0 Å². The molecule has 78 valence electrons. The second-order valence-corrected chi connectivity index (χ2v) is 3.27. The Bertz CT molecular complexity index is 261. The highest BCUT2D eigenvalue weighted by atomic mass is 15.4. The summed E-state index contributed by atoms with van der Waals surface area (Å²) >= 11 is 0. The summed E-state index contributed by atoms with van der Waals surface area (Å²) in [4.78, 5) is 0. The van der Waals surface area contributed by atoms with Crippen LogP contribution >= 0.6 is 0 Å². The summed E-state index contributed by atoms with van der Waals surface area (Å²) in [5.41, 5.74) is 1.87. The number of hydrogen-bond acceptors (Lipinski definition) is 2. The molecule has 0 fully saturated rings. The van der Waals surface area contributed by atoms with E-state index in [2.05, 4.69) is 31.3 Å². The summed E-state index contributed by atoms with van der Waals surface area (Å²) in [6.45, 7) is 13.7. The highest BCUT2D eigenvalue weighted by Gasteiger charge is 2.06. The Kier molecular flexibility index (Phi) is 5.61. The Morgan fingerprint density at radius 1 is 1.50 bits per heavy atom. The largest absolute Gasteiger partial charge is 0.272 e. The molecule has 0 aromatic rings. The number of hydrazone groups is 1. The molecular formula is C12H20N2. The Labute approximate surface area is 87.3 Å². The summed E-state index contributed by atoms with van der Waals surface area (Å²) in [6.07, 6.45) is 5.84. The lowest BCUT2D eigenvalue weighted by Crippen LogP contribution is -2.16. The molecule has 0 bridgehead atoms. The minimum absolute atomic E-state index is 0.311. The number of hydrogen-bond donors (Lipinski definition) is 0. The van der Waals surface area contributed by atoms with E-state index >= 15 is 0 Å². The SMILES string of the molecule is C=C/C(C)=N\N(C)C(=C)C(C)/C=C\C. The maximum atomic E-state index is 4.30. The van der Waals surface area contributed by atoms with Crippen molar-refractivity contribution in [1.29, 1.82) is 0 Å². The minimum atomic E-state index is 0.311. The summed E-state index contributed by atoms with van der Waals surface area (Å²) in [5.74, 6) is 0.311. The van der Waals surface area contributed by atoms with Crippen molar-refractivity contribution in [3.05, 3.63) is 37.1 Å². The summed E-state index contributed by atoms with van der Waals surface area (Å²) in [7, 11) is 1.90. The zero-order valence-electron chi connectivity index (χ0n) is 9.62. The molecule has 14 heavy (non-hydrogen) atoms. The second-order valence-electron chi connectivity index (χ2n) is 3.27. The van der Waals surface area contributed by atoms with Gasteiger partial charge in [0.15, 0.2) is 0 Å². The Balaban J connectivity index is 4.47. The second kappa shape index (κ2) is 6.19. The predicted molar refractivity (Wildman–Crippen MR) is 64.2 cm³/mol. The van der Waals surface area contributed by atoms with Crippen LogP contribution in [0.3, 0.4) is 0 Å². The fourth-order valence-corrected chi connectivity index (χ4v) is 1.04. The molecule has 2 nitrogen and oxygen atoms in total. The molecule has 1 unspecified atom stereocenters. The van der Waals surface area contributed by atoms with E-state index in [1.807, 2.05) is 27.0 Å². The summed E-state index contributed by atoms with van der Waals surface area (Å²) < 4.78 is 0. The Morgan fingerprint density at radius 3 is 2.50 bits per heavy atom. The molecular weight excluding hydrogens is 172 g/mol. The van der Waals surface area contributed by atoms with Crippen LogP contribution in [-0.4, -0.2) is 17.8 Å². The molecule has 0 aromatic carbocycles. The van der Waals surface area contributed by atoms with E-state index in [1.54, 1.807) is 11.1 Å². The topological polar surface area (TPSA) is 15.6 Å². The fraction of sp³-hybridized carbons (Fsp3) is 0.417. The van der Waals surface area contributed by atoms with Gasteiger partial charge in [-0.05, 0) is 19.9 Å². The van der Waals surface area contributed by atoms with E-state index in [9.17, 15) is 0 Å². The normalized spacial score (nSPS) is 14.1. The number of allylic oxidation sites excluding steroid dienone is 3. The van der Waals surface area contributed by atoms with Gasteiger partial charge in [0.05, 0.1) is 5.71 Å². The highest BCUT2D eigenvalue weighted by Crippen LogP contribution is 2.13. The molecule has 0 aliphatic heterocycles. The van der Waals surface area contributed by atoms with Crippen molar-refractivity contribution in [2.24, 2.45) is 11.0 Å². The van der Waals surface area contributed by atoms with Crippen molar-refractivity contribution in [1.82, 2.24) is 5.01 Å². The first kappa shape index (κ1) is 12.7. The molecule has 0 rings (SSSR count). The van der Waals surface area contributed by atoms with E-state index in [1.165, 1.54) is 0 Å². The highest BCUT2D eigenvalue weighted by molar-refractivity contribution is 5.92. The molecule has 0 radical (unpaired) electrons. The van der Waals surface area contributed by atoms with Crippen molar-refractivity contribution in [2.75, 3.05) is 7.05 Å². The molecule has 1 atom stereocenters. The smallest absolute Gasteiger partial charge is 0.0572 e. The molecule has 0 amide bonds. The van der Waals surface area contributed by atoms with Crippen LogP contribution < -0.4 is 0 Å². The van der Waals surface area contributed by atoms with Crippen LogP contribution in [0, 0.1) is 5.92 Å². The van der Waals surface area contributed by atoms with Crippen LogP contribution in [-0.2, 0) is 0 Å². The first-order chi connectivity index (χ1) is 6.52. The third-order valence-corrected chi connectivity index (χ3v) is 2.03. The van der Waals surface area contributed by atoms with E-state index in [0.717, 1.165) is 11.4 Å². The molecule has 0 N–H and O–H groups in total. The number of rotatable bonds is 5. The lowest BCUT2D eigenvalue weighted by molar-refractivity contribution is 0.410. The quantitative estimate of drug-likeness (QED) is 0.371.